The third-order valence-corrected chi connectivity index (χ3v) is 6.31. The highest BCUT2D eigenvalue weighted by Gasteiger charge is 2.24. The minimum absolute atomic E-state index is 0.00688. The number of hydrogen-bond acceptors (Lipinski definition) is 8. The van der Waals surface area contributed by atoms with Gasteiger partial charge in [-0.1, -0.05) is 25.5 Å². The van der Waals surface area contributed by atoms with E-state index in [-0.39, 0.29) is 36.0 Å². The number of nitrogens with zero attached hydrogens (tertiary/aromatic N) is 3. The van der Waals surface area contributed by atoms with Gasteiger partial charge in [0, 0.05) is 31.0 Å². The quantitative estimate of drug-likeness (QED) is 0.211. The molecule has 36 heavy (non-hydrogen) atoms. The first-order chi connectivity index (χ1) is 17.5. The first-order valence-corrected chi connectivity index (χ1v) is 12.1. The van der Waals surface area contributed by atoms with E-state index < -0.39 is 5.91 Å². The van der Waals surface area contributed by atoms with E-state index >= 15 is 0 Å². The van der Waals surface area contributed by atoms with Crippen molar-refractivity contribution in [3.05, 3.63) is 59.7 Å². The average Bonchev–Trinajstić information content (AvgIpc) is 3.62. The van der Waals surface area contributed by atoms with Crippen LogP contribution in [0, 0.1) is 5.92 Å². The maximum Gasteiger partial charge on any atom is 0.271 e. The molecule has 0 saturated heterocycles. The summed E-state index contributed by atoms with van der Waals surface area (Å²) in [5, 5.41) is 25.5. The Balaban J connectivity index is 1.45. The van der Waals surface area contributed by atoms with Crippen LogP contribution < -0.4 is 21.7 Å². The van der Waals surface area contributed by atoms with E-state index in [4.69, 9.17) is 5.73 Å². The van der Waals surface area contributed by atoms with Gasteiger partial charge in [-0.05, 0) is 48.8 Å². The lowest BCUT2D eigenvalue weighted by atomic mass is 9.97. The van der Waals surface area contributed by atoms with E-state index in [9.17, 15) is 14.7 Å². The normalized spacial score (nSPS) is 14.6. The maximum atomic E-state index is 13.0. The van der Waals surface area contributed by atoms with Gasteiger partial charge in [0.15, 0.2) is 11.5 Å². The standard InChI is InChI=1S/C25H32N8O3/c1-2-15(14-34)9-19(32-25(36)18-7-5-17(6-8-18)16-3-4-16)10-27-21-13-28-22(23(26)35)24(33-21)31-20-11-29-30-12-20/h5-8,11-13,15-16,19,34H,2-4,9-10,14H2,1H3,(H2,26,35)(H,29,30)(H,32,36)(H2,27,31,33). The van der Waals surface area contributed by atoms with Crippen molar-refractivity contribution in [2.75, 3.05) is 23.8 Å². The number of aromatic nitrogens is 4. The minimum Gasteiger partial charge on any atom is -0.396 e. The first-order valence-electron chi connectivity index (χ1n) is 12.1. The number of amides is 2. The van der Waals surface area contributed by atoms with Gasteiger partial charge in [-0.2, -0.15) is 5.10 Å². The van der Waals surface area contributed by atoms with Gasteiger partial charge in [0.1, 0.15) is 5.82 Å². The molecule has 2 unspecified atom stereocenters. The molecule has 0 aliphatic heterocycles. The van der Waals surface area contributed by atoms with Gasteiger partial charge in [-0.3, -0.25) is 14.7 Å². The van der Waals surface area contributed by atoms with Gasteiger partial charge in [-0.15, -0.1) is 0 Å². The van der Waals surface area contributed by atoms with Crippen LogP contribution in [0.5, 0.6) is 0 Å². The number of carbonyl (C=O) groups excluding carboxylic acids is 2. The summed E-state index contributed by atoms with van der Waals surface area (Å²) in [6.07, 6.45) is 8.34. The summed E-state index contributed by atoms with van der Waals surface area (Å²) in [7, 11) is 0. The number of carbonyl (C=O) groups is 2. The summed E-state index contributed by atoms with van der Waals surface area (Å²) in [4.78, 5) is 33.4. The SMILES string of the molecule is CCC(CO)CC(CNc1cnc(C(N)=O)c(Nc2cn[nH]c2)n1)NC(=O)c1ccc(C2CC2)cc1. The van der Waals surface area contributed by atoms with Crippen molar-refractivity contribution >= 4 is 29.1 Å². The molecule has 0 spiro atoms. The number of H-pyrrole nitrogens is 1. The van der Waals surface area contributed by atoms with Crippen LogP contribution in [0.2, 0.25) is 0 Å². The number of primary amides is 1. The lowest BCUT2D eigenvalue weighted by Gasteiger charge is -2.23. The second kappa shape index (κ2) is 11.6. The fraction of sp³-hybridized carbons (Fsp3) is 0.400. The van der Waals surface area contributed by atoms with Crippen LogP contribution >= 0.6 is 0 Å². The van der Waals surface area contributed by atoms with E-state index in [1.807, 2.05) is 31.2 Å². The number of aliphatic hydroxyl groups is 1. The number of nitrogens with one attached hydrogen (secondary N) is 4. The highest BCUT2D eigenvalue weighted by molar-refractivity contribution is 5.96. The molecule has 2 atom stereocenters. The highest BCUT2D eigenvalue weighted by atomic mass is 16.3. The summed E-state index contributed by atoms with van der Waals surface area (Å²) >= 11 is 0. The summed E-state index contributed by atoms with van der Waals surface area (Å²) in [5.74, 6) is 0.365. The molecule has 1 saturated carbocycles. The van der Waals surface area contributed by atoms with Crippen LogP contribution in [-0.2, 0) is 0 Å². The number of nitrogens with two attached hydrogens (primary N) is 1. The number of aromatic amines is 1. The fourth-order valence-corrected chi connectivity index (χ4v) is 3.98. The van der Waals surface area contributed by atoms with Gasteiger partial charge in [0.25, 0.3) is 11.8 Å². The van der Waals surface area contributed by atoms with Crippen molar-refractivity contribution in [1.29, 1.82) is 0 Å². The molecule has 2 heterocycles. The van der Waals surface area contributed by atoms with Crippen molar-refractivity contribution in [3.8, 4) is 0 Å². The van der Waals surface area contributed by atoms with Gasteiger partial charge in [-0.25, -0.2) is 9.97 Å². The van der Waals surface area contributed by atoms with Crippen LogP contribution in [0.1, 0.15) is 64.9 Å². The fourth-order valence-electron chi connectivity index (χ4n) is 3.98. The molecule has 4 rings (SSSR count). The van der Waals surface area contributed by atoms with Gasteiger partial charge in [0.2, 0.25) is 0 Å². The van der Waals surface area contributed by atoms with Gasteiger partial charge in [0.05, 0.1) is 18.1 Å². The zero-order valence-electron chi connectivity index (χ0n) is 20.2. The molecule has 1 fully saturated rings. The zero-order chi connectivity index (χ0) is 25.5. The molecule has 1 aromatic carbocycles. The van der Waals surface area contributed by atoms with Crippen molar-refractivity contribution in [1.82, 2.24) is 25.5 Å². The Morgan fingerprint density at radius 1 is 1.22 bits per heavy atom. The Kier molecular flexibility index (Phi) is 8.11. The Hall–Kier alpha value is -3.99. The monoisotopic (exact) mass is 492 g/mol. The molecule has 190 valence electrons. The number of anilines is 3. The Labute approximate surface area is 209 Å². The molecule has 0 radical (unpaired) electrons. The van der Waals surface area contributed by atoms with E-state index in [1.54, 1.807) is 6.20 Å². The summed E-state index contributed by atoms with van der Waals surface area (Å²) in [5.41, 5.74) is 7.90. The lowest BCUT2D eigenvalue weighted by Crippen LogP contribution is -2.41. The van der Waals surface area contributed by atoms with Crippen molar-refractivity contribution in [2.24, 2.45) is 11.7 Å². The van der Waals surface area contributed by atoms with Gasteiger partial charge < -0.3 is 26.8 Å². The molecule has 1 aliphatic rings. The molecule has 0 bridgehead atoms. The number of aliphatic hydroxyl groups excluding tert-OH is 1. The zero-order valence-corrected chi connectivity index (χ0v) is 20.2. The topological polar surface area (TPSA) is 171 Å². The van der Waals surface area contributed by atoms with Crippen molar-refractivity contribution in [3.63, 3.8) is 0 Å². The highest BCUT2D eigenvalue weighted by Crippen LogP contribution is 2.39. The Morgan fingerprint density at radius 3 is 2.61 bits per heavy atom. The van der Waals surface area contributed by atoms with E-state index in [1.165, 1.54) is 30.8 Å². The summed E-state index contributed by atoms with van der Waals surface area (Å²) < 4.78 is 0. The summed E-state index contributed by atoms with van der Waals surface area (Å²) in [6.45, 7) is 2.38. The second-order valence-corrected chi connectivity index (χ2v) is 9.07. The van der Waals surface area contributed by atoms with Crippen molar-refractivity contribution in [2.45, 2.75) is 44.6 Å². The van der Waals surface area contributed by atoms with Crippen LogP contribution in [0.4, 0.5) is 17.3 Å². The third kappa shape index (κ3) is 6.57. The minimum atomic E-state index is -0.716. The molecule has 7 N–H and O–H groups in total. The smallest absolute Gasteiger partial charge is 0.271 e. The van der Waals surface area contributed by atoms with Crippen LogP contribution in [0.15, 0.2) is 42.9 Å². The third-order valence-electron chi connectivity index (χ3n) is 6.31. The molecule has 11 heteroatoms. The van der Waals surface area contributed by atoms with E-state index in [0.717, 1.165) is 6.42 Å². The predicted molar refractivity (Wildman–Crippen MR) is 136 cm³/mol. The molecule has 3 aromatic rings. The maximum absolute atomic E-state index is 13.0. The Bertz CT molecular complexity index is 1160. The molecular formula is C25H32N8O3. The molecule has 1 aliphatic carbocycles. The molecule has 2 amide bonds. The van der Waals surface area contributed by atoms with Crippen LogP contribution in [0.25, 0.3) is 0 Å². The van der Waals surface area contributed by atoms with E-state index in [0.29, 0.717) is 36.0 Å². The first kappa shape index (κ1) is 25.1. The molecule has 11 nitrogen and oxygen atoms in total. The Morgan fingerprint density at radius 2 is 2.00 bits per heavy atom. The molecular weight excluding hydrogens is 460 g/mol. The van der Waals surface area contributed by atoms with Crippen molar-refractivity contribution < 1.29 is 14.7 Å². The lowest BCUT2D eigenvalue weighted by molar-refractivity contribution is 0.0926. The number of benzene rings is 1. The average molecular weight is 493 g/mol. The number of hydrogen-bond donors (Lipinski definition) is 6. The van der Waals surface area contributed by atoms with E-state index in [2.05, 4.69) is 36.1 Å². The summed E-state index contributed by atoms with van der Waals surface area (Å²) in [6, 6.07) is 7.48. The van der Waals surface area contributed by atoms with Crippen LogP contribution in [-0.4, -0.2) is 56.3 Å². The van der Waals surface area contributed by atoms with Gasteiger partial charge >= 0.3 is 0 Å². The second-order valence-electron chi connectivity index (χ2n) is 9.07. The molecule has 2 aromatic heterocycles. The predicted octanol–water partition coefficient (Wildman–Crippen LogP) is 2.54. The largest absolute Gasteiger partial charge is 0.396 e. The number of rotatable bonds is 13. The van der Waals surface area contributed by atoms with Crippen LogP contribution in [0.3, 0.4) is 0 Å².